The Morgan fingerprint density at radius 3 is 2.56 bits per heavy atom. The van der Waals surface area contributed by atoms with E-state index in [9.17, 15) is 4.79 Å². The van der Waals surface area contributed by atoms with Crippen molar-refractivity contribution in [2.45, 2.75) is 33.3 Å². The molecule has 142 valence electrons. The van der Waals surface area contributed by atoms with E-state index < -0.39 is 6.10 Å². The molecule has 1 unspecified atom stereocenters. The minimum atomic E-state index is -0.713. The summed E-state index contributed by atoms with van der Waals surface area (Å²) in [6.45, 7) is 6.34. The van der Waals surface area contributed by atoms with Gasteiger partial charge in [0.25, 0.3) is 5.91 Å². The zero-order valence-electron chi connectivity index (χ0n) is 15.7. The number of hydrogen-bond acceptors (Lipinski definition) is 4. The fraction of sp³-hybridized carbons (Fsp3) is 0.333. The Kier molecular flexibility index (Phi) is 7.51. The van der Waals surface area contributed by atoms with Crippen LogP contribution in [0.15, 0.2) is 42.5 Å². The molecule has 1 amide bonds. The number of carbonyl (C=O) groups excluding carboxylic acids is 1. The minimum absolute atomic E-state index is 0.219. The van der Waals surface area contributed by atoms with Crippen LogP contribution < -0.4 is 14.4 Å². The molecular formula is C21H23ClN2O3. The number of hydrogen-bond donors (Lipinski definition) is 0. The second kappa shape index (κ2) is 9.84. The van der Waals surface area contributed by atoms with Crippen molar-refractivity contribution in [1.29, 1.82) is 5.26 Å². The number of nitriles is 1. The summed E-state index contributed by atoms with van der Waals surface area (Å²) in [4.78, 5) is 14.5. The zero-order valence-corrected chi connectivity index (χ0v) is 16.5. The fourth-order valence-electron chi connectivity index (χ4n) is 2.62. The van der Waals surface area contributed by atoms with Gasteiger partial charge < -0.3 is 14.4 Å². The summed E-state index contributed by atoms with van der Waals surface area (Å²) in [7, 11) is 0. The molecular weight excluding hydrogens is 364 g/mol. The van der Waals surface area contributed by atoms with Gasteiger partial charge in [-0.3, -0.25) is 4.79 Å². The van der Waals surface area contributed by atoms with E-state index in [1.165, 1.54) is 0 Å². The van der Waals surface area contributed by atoms with E-state index in [1.54, 1.807) is 54.3 Å². The van der Waals surface area contributed by atoms with E-state index in [2.05, 4.69) is 6.07 Å². The molecule has 0 heterocycles. The van der Waals surface area contributed by atoms with Gasteiger partial charge in [0, 0.05) is 17.3 Å². The lowest BCUT2D eigenvalue weighted by Crippen LogP contribution is -2.41. The largest absolute Gasteiger partial charge is 0.494 e. The first kappa shape index (κ1) is 20.6. The number of nitrogens with zero attached hydrogens (tertiary/aromatic N) is 2. The number of amides is 1. The molecule has 0 aliphatic carbocycles. The monoisotopic (exact) mass is 386 g/mol. The van der Waals surface area contributed by atoms with Gasteiger partial charge in [-0.1, -0.05) is 11.6 Å². The summed E-state index contributed by atoms with van der Waals surface area (Å²) in [6.07, 6.45) is -0.485. The molecule has 0 aromatic heterocycles. The van der Waals surface area contributed by atoms with Crippen LogP contribution in [0.4, 0.5) is 5.69 Å². The summed E-state index contributed by atoms with van der Waals surface area (Å²) in [5, 5.41) is 9.56. The number of benzene rings is 2. The highest BCUT2D eigenvalue weighted by atomic mass is 35.5. The van der Waals surface area contributed by atoms with Crippen molar-refractivity contribution in [2.24, 2.45) is 0 Å². The maximum atomic E-state index is 13.0. The second-order valence-electron chi connectivity index (χ2n) is 5.99. The number of halogens is 1. The van der Waals surface area contributed by atoms with Gasteiger partial charge in [-0.25, -0.2) is 0 Å². The molecule has 0 radical (unpaired) electrons. The normalized spacial score (nSPS) is 11.4. The van der Waals surface area contributed by atoms with Gasteiger partial charge in [-0.05, 0) is 68.8 Å². The molecule has 0 saturated heterocycles. The molecule has 1 atom stereocenters. The van der Waals surface area contributed by atoms with Gasteiger partial charge in [0.15, 0.2) is 6.10 Å². The Morgan fingerprint density at radius 1 is 1.26 bits per heavy atom. The van der Waals surface area contributed by atoms with Crippen molar-refractivity contribution >= 4 is 23.2 Å². The average molecular weight is 387 g/mol. The van der Waals surface area contributed by atoms with Gasteiger partial charge in [-0.15, -0.1) is 0 Å². The second-order valence-corrected chi connectivity index (χ2v) is 6.43. The third-order valence-electron chi connectivity index (χ3n) is 3.96. The lowest BCUT2D eigenvalue weighted by molar-refractivity contribution is -0.124. The average Bonchev–Trinajstić information content (AvgIpc) is 2.65. The minimum Gasteiger partial charge on any atom is -0.494 e. The van der Waals surface area contributed by atoms with E-state index in [1.807, 2.05) is 13.8 Å². The number of ether oxygens (including phenoxy) is 2. The Bertz CT molecular complexity index is 815. The predicted octanol–water partition coefficient (Wildman–Crippen LogP) is 4.76. The first-order valence-corrected chi connectivity index (χ1v) is 9.18. The summed E-state index contributed by atoms with van der Waals surface area (Å²) in [5.74, 6) is 1.12. The Balaban J connectivity index is 2.18. The maximum absolute atomic E-state index is 13.0. The Hall–Kier alpha value is -2.71. The summed E-state index contributed by atoms with van der Waals surface area (Å²) in [5.41, 5.74) is 1.55. The van der Waals surface area contributed by atoms with E-state index in [0.29, 0.717) is 23.1 Å². The highest BCUT2D eigenvalue weighted by molar-refractivity contribution is 6.30. The molecule has 0 bridgehead atoms. The van der Waals surface area contributed by atoms with Crippen molar-refractivity contribution in [3.8, 4) is 17.6 Å². The van der Waals surface area contributed by atoms with E-state index >= 15 is 0 Å². The van der Waals surface area contributed by atoms with Crippen molar-refractivity contribution in [3.05, 3.63) is 53.1 Å². The van der Waals surface area contributed by atoms with E-state index in [-0.39, 0.29) is 18.9 Å². The number of aryl methyl sites for hydroxylation is 1. The summed E-state index contributed by atoms with van der Waals surface area (Å²) >= 11 is 5.97. The quantitative estimate of drug-likeness (QED) is 0.656. The molecule has 27 heavy (non-hydrogen) atoms. The highest BCUT2D eigenvalue weighted by Crippen LogP contribution is 2.25. The molecule has 0 spiro atoms. The molecule has 0 saturated carbocycles. The van der Waals surface area contributed by atoms with Crippen LogP contribution in [0, 0.1) is 18.3 Å². The fourth-order valence-corrected chi connectivity index (χ4v) is 2.85. The van der Waals surface area contributed by atoms with Crippen LogP contribution in [0.2, 0.25) is 5.02 Å². The number of rotatable bonds is 8. The van der Waals surface area contributed by atoms with E-state index in [0.717, 1.165) is 11.3 Å². The first-order chi connectivity index (χ1) is 13.0. The molecule has 0 fully saturated rings. The van der Waals surface area contributed by atoms with Crippen LogP contribution in [-0.2, 0) is 4.79 Å². The van der Waals surface area contributed by atoms with Gasteiger partial charge in [0.05, 0.1) is 19.1 Å². The molecule has 2 aromatic rings. The summed E-state index contributed by atoms with van der Waals surface area (Å²) < 4.78 is 11.3. The van der Waals surface area contributed by atoms with Crippen LogP contribution in [0.5, 0.6) is 11.5 Å². The molecule has 6 heteroatoms. The molecule has 2 aromatic carbocycles. The van der Waals surface area contributed by atoms with Crippen LogP contribution in [0.25, 0.3) is 0 Å². The van der Waals surface area contributed by atoms with Gasteiger partial charge in [0.2, 0.25) is 0 Å². The number of carbonyl (C=O) groups is 1. The first-order valence-electron chi connectivity index (χ1n) is 8.80. The standard InChI is InChI=1S/C21H23ClN2O3/c1-4-26-19-9-7-18(8-10-19)24(13-5-12-23)21(25)16(3)27-20-11-6-17(22)14-15(20)2/h6-11,14,16H,4-5,13H2,1-3H3. The van der Waals surface area contributed by atoms with Crippen LogP contribution in [0.1, 0.15) is 25.8 Å². The highest BCUT2D eigenvalue weighted by Gasteiger charge is 2.24. The van der Waals surface area contributed by atoms with Gasteiger partial charge in [0.1, 0.15) is 11.5 Å². The van der Waals surface area contributed by atoms with Crippen molar-refractivity contribution in [3.63, 3.8) is 0 Å². The topological polar surface area (TPSA) is 62.6 Å². The third-order valence-corrected chi connectivity index (χ3v) is 4.20. The number of anilines is 1. The maximum Gasteiger partial charge on any atom is 0.267 e. The summed E-state index contributed by atoms with van der Waals surface area (Å²) in [6, 6.07) is 14.6. The smallest absolute Gasteiger partial charge is 0.267 e. The van der Waals surface area contributed by atoms with Gasteiger partial charge in [-0.2, -0.15) is 5.26 Å². The van der Waals surface area contributed by atoms with Crippen LogP contribution in [0.3, 0.4) is 0 Å². The molecule has 0 aliphatic heterocycles. The molecule has 5 nitrogen and oxygen atoms in total. The third kappa shape index (κ3) is 5.63. The van der Waals surface area contributed by atoms with Gasteiger partial charge >= 0.3 is 0 Å². The van der Waals surface area contributed by atoms with E-state index in [4.69, 9.17) is 26.3 Å². The van der Waals surface area contributed by atoms with Crippen LogP contribution in [-0.4, -0.2) is 25.2 Å². The van der Waals surface area contributed by atoms with Crippen molar-refractivity contribution in [1.82, 2.24) is 0 Å². The predicted molar refractivity (Wildman–Crippen MR) is 106 cm³/mol. The van der Waals surface area contributed by atoms with Crippen LogP contribution >= 0.6 is 11.6 Å². The Labute approximate surface area is 165 Å². The van der Waals surface area contributed by atoms with Crippen molar-refractivity contribution < 1.29 is 14.3 Å². The Morgan fingerprint density at radius 2 is 1.96 bits per heavy atom. The molecule has 0 aliphatic rings. The SMILES string of the molecule is CCOc1ccc(N(CCC#N)C(=O)C(C)Oc2ccc(Cl)cc2C)cc1. The lowest BCUT2D eigenvalue weighted by atomic mass is 10.2. The molecule has 0 N–H and O–H groups in total. The lowest BCUT2D eigenvalue weighted by Gasteiger charge is -2.26. The van der Waals surface area contributed by atoms with Crippen molar-refractivity contribution in [2.75, 3.05) is 18.1 Å². The molecule has 2 rings (SSSR count). The zero-order chi connectivity index (χ0) is 19.8.